The summed E-state index contributed by atoms with van der Waals surface area (Å²) < 4.78 is 11.3. The second kappa shape index (κ2) is 4.10. The number of methoxy groups -OCH3 is 1. The highest BCUT2D eigenvalue weighted by Gasteiger charge is 2.26. The molecule has 2 heteroatoms. The third kappa shape index (κ3) is 2.07. The van der Waals surface area contributed by atoms with Crippen LogP contribution in [0.1, 0.15) is 37.5 Å². The van der Waals surface area contributed by atoms with Gasteiger partial charge in [0.25, 0.3) is 0 Å². The lowest BCUT2D eigenvalue weighted by Crippen LogP contribution is -2.31. The van der Waals surface area contributed by atoms with Gasteiger partial charge in [0.05, 0.1) is 19.3 Å². The fourth-order valence-electron chi connectivity index (χ4n) is 2.27. The van der Waals surface area contributed by atoms with Crippen LogP contribution in [0.3, 0.4) is 0 Å². The van der Waals surface area contributed by atoms with E-state index in [1.54, 1.807) is 7.11 Å². The van der Waals surface area contributed by atoms with Gasteiger partial charge < -0.3 is 9.47 Å². The molecule has 0 saturated heterocycles. The zero-order chi connectivity index (χ0) is 11.8. The van der Waals surface area contributed by atoms with Crippen molar-refractivity contribution in [3.8, 4) is 5.75 Å². The Morgan fingerprint density at radius 3 is 2.69 bits per heavy atom. The smallest absolute Gasteiger partial charge is 0.122 e. The normalized spacial score (nSPS) is 18.0. The van der Waals surface area contributed by atoms with Gasteiger partial charge in [-0.2, -0.15) is 0 Å². The Morgan fingerprint density at radius 1 is 1.31 bits per heavy atom. The van der Waals surface area contributed by atoms with Crippen LogP contribution in [-0.4, -0.2) is 12.7 Å². The van der Waals surface area contributed by atoms with Gasteiger partial charge in [0, 0.05) is 6.42 Å². The quantitative estimate of drug-likeness (QED) is 0.762. The lowest BCUT2D eigenvalue weighted by molar-refractivity contribution is -0.0401. The molecule has 0 N–H and O–H groups in total. The van der Waals surface area contributed by atoms with Gasteiger partial charge >= 0.3 is 0 Å². The highest BCUT2D eigenvalue weighted by atomic mass is 16.5. The van der Waals surface area contributed by atoms with Crippen molar-refractivity contribution in [2.45, 2.75) is 45.8 Å². The van der Waals surface area contributed by atoms with E-state index in [0.29, 0.717) is 0 Å². The van der Waals surface area contributed by atoms with Crippen molar-refractivity contribution < 1.29 is 9.47 Å². The number of rotatable bonds is 2. The van der Waals surface area contributed by atoms with Crippen LogP contribution in [0.15, 0.2) is 12.1 Å². The second-order valence-corrected chi connectivity index (χ2v) is 5.01. The summed E-state index contributed by atoms with van der Waals surface area (Å²) in [4.78, 5) is 0. The molecule has 0 spiro atoms. The zero-order valence-electron chi connectivity index (χ0n) is 10.6. The van der Waals surface area contributed by atoms with Crippen molar-refractivity contribution in [3.63, 3.8) is 0 Å². The molecule has 16 heavy (non-hydrogen) atoms. The Bertz CT molecular complexity index is 394. The predicted octanol–water partition coefficient (Wildman–Crippen LogP) is 3.11. The maximum atomic E-state index is 5.82. The molecule has 0 unspecified atom stereocenters. The monoisotopic (exact) mass is 220 g/mol. The summed E-state index contributed by atoms with van der Waals surface area (Å²) in [6, 6.07) is 4.40. The topological polar surface area (TPSA) is 18.5 Å². The van der Waals surface area contributed by atoms with Crippen LogP contribution in [-0.2, 0) is 24.2 Å². The molecule has 88 valence electrons. The molecule has 1 aromatic carbocycles. The first-order valence-electron chi connectivity index (χ1n) is 5.88. The van der Waals surface area contributed by atoms with Gasteiger partial charge in [-0.25, -0.2) is 0 Å². The fourth-order valence-corrected chi connectivity index (χ4v) is 2.27. The summed E-state index contributed by atoms with van der Waals surface area (Å²) in [6.07, 6.45) is 1.96. The van der Waals surface area contributed by atoms with Crippen LogP contribution in [0.5, 0.6) is 5.75 Å². The first-order chi connectivity index (χ1) is 7.55. The SMILES string of the molecule is CCc1cc2c(cc1OC)CC(C)(C)OC2. The van der Waals surface area contributed by atoms with Crippen molar-refractivity contribution in [1.29, 1.82) is 0 Å². The van der Waals surface area contributed by atoms with Crippen LogP contribution in [0, 0.1) is 0 Å². The van der Waals surface area contributed by atoms with Gasteiger partial charge in [0.2, 0.25) is 0 Å². The van der Waals surface area contributed by atoms with E-state index >= 15 is 0 Å². The van der Waals surface area contributed by atoms with Gasteiger partial charge in [0.15, 0.2) is 0 Å². The summed E-state index contributed by atoms with van der Waals surface area (Å²) in [5.74, 6) is 1.01. The van der Waals surface area contributed by atoms with E-state index in [1.165, 1.54) is 16.7 Å². The average molecular weight is 220 g/mol. The minimum atomic E-state index is -0.0499. The maximum Gasteiger partial charge on any atom is 0.122 e. The fraction of sp³-hybridized carbons (Fsp3) is 0.571. The highest BCUT2D eigenvalue weighted by Crippen LogP contribution is 2.32. The second-order valence-electron chi connectivity index (χ2n) is 5.01. The number of hydrogen-bond donors (Lipinski definition) is 0. The summed E-state index contributed by atoms with van der Waals surface area (Å²) in [5.41, 5.74) is 3.90. The molecule has 0 fully saturated rings. The molecule has 0 atom stereocenters. The molecule has 0 saturated carbocycles. The van der Waals surface area contributed by atoms with Crippen molar-refractivity contribution in [1.82, 2.24) is 0 Å². The molecule has 1 aromatic rings. The highest BCUT2D eigenvalue weighted by molar-refractivity contribution is 5.44. The number of benzene rings is 1. The average Bonchev–Trinajstić information content (AvgIpc) is 2.26. The van der Waals surface area contributed by atoms with E-state index in [4.69, 9.17) is 9.47 Å². The number of ether oxygens (including phenoxy) is 2. The first kappa shape index (κ1) is 11.5. The third-order valence-corrected chi connectivity index (χ3v) is 3.22. The Labute approximate surface area is 97.6 Å². The summed E-state index contributed by atoms with van der Waals surface area (Å²) in [6.45, 7) is 7.14. The standard InChI is InChI=1S/C14H20O2/c1-5-10-6-12-9-16-14(2,3)8-11(12)7-13(10)15-4/h6-7H,5,8-9H2,1-4H3. The molecule has 0 radical (unpaired) electrons. The van der Waals surface area contributed by atoms with Gasteiger partial charge in [-0.1, -0.05) is 6.92 Å². The Kier molecular flexibility index (Phi) is 2.94. The molecule has 0 aromatic heterocycles. The van der Waals surface area contributed by atoms with E-state index in [-0.39, 0.29) is 5.60 Å². The number of hydrogen-bond acceptors (Lipinski definition) is 2. The molecule has 1 aliphatic heterocycles. The predicted molar refractivity (Wildman–Crippen MR) is 64.9 cm³/mol. The maximum absolute atomic E-state index is 5.82. The van der Waals surface area contributed by atoms with Crippen molar-refractivity contribution in [2.75, 3.05) is 7.11 Å². The lowest BCUT2D eigenvalue weighted by Gasteiger charge is -2.32. The molecule has 2 rings (SSSR count). The molecule has 2 nitrogen and oxygen atoms in total. The number of fused-ring (bicyclic) bond motifs is 1. The van der Waals surface area contributed by atoms with Crippen molar-refractivity contribution in [3.05, 3.63) is 28.8 Å². The molecular weight excluding hydrogens is 200 g/mol. The Morgan fingerprint density at radius 2 is 2.06 bits per heavy atom. The van der Waals surface area contributed by atoms with E-state index in [2.05, 4.69) is 32.9 Å². The largest absolute Gasteiger partial charge is 0.496 e. The van der Waals surface area contributed by atoms with Crippen LogP contribution in [0.2, 0.25) is 0 Å². The Balaban J connectivity index is 2.42. The van der Waals surface area contributed by atoms with Crippen molar-refractivity contribution >= 4 is 0 Å². The molecule has 1 aliphatic rings. The summed E-state index contributed by atoms with van der Waals surface area (Å²) >= 11 is 0. The van der Waals surface area contributed by atoms with Gasteiger partial charge in [-0.15, -0.1) is 0 Å². The van der Waals surface area contributed by atoms with Crippen LogP contribution >= 0.6 is 0 Å². The van der Waals surface area contributed by atoms with Crippen LogP contribution in [0.25, 0.3) is 0 Å². The third-order valence-electron chi connectivity index (χ3n) is 3.22. The van der Waals surface area contributed by atoms with Gasteiger partial charge in [-0.05, 0) is 49.1 Å². The van der Waals surface area contributed by atoms with Crippen LogP contribution < -0.4 is 4.74 Å². The van der Waals surface area contributed by atoms with E-state index in [9.17, 15) is 0 Å². The van der Waals surface area contributed by atoms with Gasteiger partial charge in [-0.3, -0.25) is 0 Å². The minimum Gasteiger partial charge on any atom is -0.496 e. The minimum absolute atomic E-state index is 0.0499. The first-order valence-corrected chi connectivity index (χ1v) is 5.88. The molecular formula is C14H20O2. The van der Waals surface area contributed by atoms with E-state index in [0.717, 1.165) is 25.2 Å². The van der Waals surface area contributed by atoms with Crippen LogP contribution in [0.4, 0.5) is 0 Å². The summed E-state index contributed by atoms with van der Waals surface area (Å²) in [5, 5.41) is 0. The van der Waals surface area contributed by atoms with Crippen molar-refractivity contribution in [2.24, 2.45) is 0 Å². The van der Waals surface area contributed by atoms with Gasteiger partial charge in [0.1, 0.15) is 5.75 Å². The summed E-state index contributed by atoms with van der Waals surface area (Å²) in [7, 11) is 1.74. The zero-order valence-corrected chi connectivity index (χ0v) is 10.6. The lowest BCUT2D eigenvalue weighted by atomic mass is 9.90. The van der Waals surface area contributed by atoms with E-state index < -0.39 is 0 Å². The molecule has 0 aliphatic carbocycles. The molecule has 0 amide bonds. The molecule has 0 bridgehead atoms. The Hall–Kier alpha value is -1.02. The van der Waals surface area contributed by atoms with E-state index in [1.807, 2.05) is 0 Å². The number of aryl methyl sites for hydroxylation is 1. The molecule has 1 heterocycles.